The van der Waals surface area contributed by atoms with Crippen molar-refractivity contribution >= 4 is 11.9 Å². The van der Waals surface area contributed by atoms with Gasteiger partial charge in [0.1, 0.15) is 6.10 Å². The van der Waals surface area contributed by atoms with Crippen molar-refractivity contribution in [2.75, 3.05) is 31.1 Å². The van der Waals surface area contributed by atoms with Crippen LogP contribution in [0.1, 0.15) is 36.9 Å². The van der Waals surface area contributed by atoms with Gasteiger partial charge in [0.15, 0.2) is 0 Å². The van der Waals surface area contributed by atoms with Gasteiger partial charge in [-0.1, -0.05) is 0 Å². The summed E-state index contributed by atoms with van der Waals surface area (Å²) in [5.41, 5.74) is 1.36. The number of amides is 1. The van der Waals surface area contributed by atoms with Gasteiger partial charge in [-0.3, -0.25) is 14.6 Å². The fourth-order valence-corrected chi connectivity index (χ4v) is 3.65. The molecule has 1 aromatic rings. The molecule has 1 amide bonds. The van der Waals surface area contributed by atoms with Crippen LogP contribution in [0.4, 0.5) is 5.95 Å². The highest BCUT2D eigenvalue weighted by atomic mass is 16.5. The van der Waals surface area contributed by atoms with E-state index in [4.69, 9.17) is 4.74 Å². The number of ether oxygens (including phenoxy) is 1. The number of carbonyl (C=O) groups excluding carboxylic acids is 1. The molecule has 3 aliphatic heterocycles. The van der Waals surface area contributed by atoms with Gasteiger partial charge >= 0.3 is 0 Å². The van der Waals surface area contributed by atoms with Crippen molar-refractivity contribution in [2.24, 2.45) is 0 Å². The van der Waals surface area contributed by atoms with Crippen LogP contribution >= 0.6 is 0 Å². The molecule has 0 spiro atoms. The Bertz CT molecular complexity index is 660. The lowest BCUT2D eigenvalue weighted by Crippen LogP contribution is -2.44. The Labute approximate surface area is 134 Å². The zero-order chi connectivity index (χ0) is 15.8. The predicted molar refractivity (Wildman–Crippen MR) is 84.4 cm³/mol. The first kappa shape index (κ1) is 14.7. The van der Waals surface area contributed by atoms with Crippen molar-refractivity contribution in [3.63, 3.8) is 0 Å². The Morgan fingerprint density at radius 1 is 1.22 bits per heavy atom. The number of hydrogen-bond acceptors (Lipinski definition) is 5. The third-order valence-corrected chi connectivity index (χ3v) is 4.98. The van der Waals surface area contributed by atoms with E-state index in [1.54, 1.807) is 4.90 Å². The summed E-state index contributed by atoms with van der Waals surface area (Å²) >= 11 is 0. The summed E-state index contributed by atoms with van der Waals surface area (Å²) in [6.45, 7) is 3.51. The highest BCUT2D eigenvalue weighted by Gasteiger charge is 2.32. The second-order valence-corrected chi connectivity index (χ2v) is 6.52. The highest BCUT2D eigenvalue weighted by Crippen LogP contribution is 2.22. The van der Waals surface area contributed by atoms with Gasteiger partial charge in [0, 0.05) is 32.7 Å². The first-order valence-corrected chi connectivity index (χ1v) is 8.50. The Kier molecular flexibility index (Phi) is 3.80. The summed E-state index contributed by atoms with van der Waals surface area (Å²) in [5.74, 6) is 0.696. The highest BCUT2D eigenvalue weighted by molar-refractivity contribution is 5.81. The topological polar surface area (TPSA) is 78.5 Å². The Hall–Kier alpha value is -1.89. The molecule has 23 heavy (non-hydrogen) atoms. The average molecular weight is 318 g/mol. The van der Waals surface area contributed by atoms with E-state index in [1.807, 2.05) is 0 Å². The molecule has 0 aromatic carbocycles. The second-order valence-electron chi connectivity index (χ2n) is 6.52. The van der Waals surface area contributed by atoms with Crippen molar-refractivity contribution in [1.29, 1.82) is 0 Å². The summed E-state index contributed by atoms with van der Waals surface area (Å²) in [5, 5.41) is 0. The molecule has 4 heterocycles. The van der Waals surface area contributed by atoms with Crippen molar-refractivity contribution in [3.05, 3.63) is 21.6 Å². The largest absolute Gasteiger partial charge is 0.368 e. The molecule has 0 bridgehead atoms. The van der Waals surface area contributed by atoms with E-state index in [-0.39, 0.29) is 17.6 Å². The minimum atomic E-state index is -0.326. The van der Waals surface area contributed by atoms with Gasteiger partial charge in [0.05, 0.1) is 17.8 Å². The maximum Gasteiger partial charge on any atom is 0.257 e. The van der Waals surface area contributed by atoms with E-state index in [0.717, 1.165) is 44.5 Å². The fraction of sp³-hybridized carbons (Fsp3) is 0.688. The van der Waals surface area contributed by atoms with Crippen LogP contribution in [0.2, 0.25) is 0 Å². The first-order chi connectivity index (χ1) is 11.2. The lowest BCUT2D eigenvalue weighted by Gasteiger charge is -2.30. The number of rotatable bonds is 2. The quantitative estimate of drug-likeness (QED) is 0.856. The third kappa shape index (κ3) is 2.73. The maximum absolute atomic E-state index is 12.5. The molecule has 0 aliphatic carbocycles. The SMILES string of the molecule is O=C([C@H]1CCCO1)N1CCc2nc(N3CCCC3)[nH]c(=O)c2C1. The monoisotopic (exact) mass is 318 g/mol. The molecule has 124 valence electrons. The lowest BCUT2D eigenvalue weighted by molar-refractivity contribution is -0.141. The number of anilines is 1. The zero-order valence-corrected chi connectivity index (χ0v) is 13.2. The number of hydrogen-bond donors (Lipinski definition) is 1. The minimum absolute atomic E-state index is 0.0103. The summed E-state index contributed by atoms with van der Waals surface area (Å²) < 4.78 is 5.47. The van der Waals surface area contributed by atoms with Gasteiger partial charge < -0.3 is 14.5 Å². The summed E-state index contributed by atoms with van der Waals surface area (Å²) in [6.07, 6.45) is 4.31. The summed E-state index contributed by atoms with van der Waals surface area (Å²) in [6, 6.07) is 0. The van der Waals surface area contributed by atoms with Gasteiger partial charge in [-0.25, -0.2) is 4.98 Å². The van der Waals surface area contributed by atoms with Crippen LogP contribution in [0, 0.1) is 0 Å². The van der Waals surface area contributed by atoms with Crippen LogP contribution < -0.4 is 10.5 Å². The number of H-pyrrole nitrogens is 1. The molecule has 0 saturated carbocycles. The molecule has 7 heteroatoms. The number of fused-ring (bicyclic) bond motifs is 1. The van der Waals surface area contributed by atoms with E-state index in [1.165, 1.54) is 0 Å². The van der Waals surface area contributed by atoms with Crippen LogP contribution in [-0.2, 0) is 22.5 Å². The smallest absolute Gasteiger partial charge is 0.257 e. The van der Waals surface area contributed by atoms with E-state index >= 15 is 0 Å². The van der Waals surface area contributed by atoms with Crippen molar-refractivity contribution in [1.82, 2.24) is 14.9 Å². The van der Waals surface area contributed by atoms with Crippen LogP contribution in [0.3, 0.4) is 0 Å². The fourth-order valence-electron chi connectivity index (χ4n) is 3.65. The van der Waals surface area contributed by atoms with Crippen molar-refractivity contribution in [2.45, 2.75) is 44.8 Å². The molecule has 0 unspecified atom stereocenters. The molecule has 1 atom stereocenters. The molecule has 2 fully saturated rings. The average Bonchev–Trinajstić information content (AvgIpc) is 3.27. The van der Waals surface area contributed by atoms with Crippen molar-refractivity contribution < 1.29 is 9.53 Å². The van der Waals surface area contributed by atoms with Gasteiger partial charge in [-0.15, -0.1) is 0 Å². The lowest BCUT2D eigenvalue weighted by atomic mass is 10.1. The third-order valence-electron chi connectivity index (χ3n) is 4.98. The molecule has 1 N–H and O–H groups in total. The minimum Gasteiger partial charge on any atom is -0.368 e. The molecular formula is C16H22N4O3. The standard InChI is InChI=1S/C16H22N4O3/c21-14-11-10-20(15(22)13-4-3-9-23-13)8-5-12(11)17-16(18-14)19-6-1-2-7-19/h13H,1-10H2,(H,17,18,21)/t13-/m1/s1. The van der Waals surface area contributed by atoms with Gasteiger partial charge in [0.25, 0.3) is 11.5 Å². The summed E-state index contributed by atoms with van der Waals surface area (Å²) in [4.78, 5) is 36.3. The normalized spacial score (nSPS) is 24.1. The van der Waals surface area contributed by atoms with E-state index in [0.29, 0.717) is 37.6 Å². The number of aromatic nitrogens is 2. The Morgan fingerprint density at radius 3 is 2.78 bits per heavy atom. The Morgan fingerprint density at radius 2 is 2.04 bits per heavy atom. The van der Waals surface area contributed by atoms with Crippen LogP contribution in [0.25, 0.3) is 0 Å². The second kappa shape index (κ2) is 5.96. The van der Waals surface area contributed by atoms with Gasteiger partial charge in [-0.05, 0) is 25.7 Å². The van der Waals surface area contributed by atoms with Gasteiger partial charge in [-0.2, -0.15) is 0 Å². The molecule has 7 nitrogen and oxygen atoms in total. The van der Waals surface area contributed by atoms with E-state index in [2.05, 4.69) is 14.9 Å². The molecule has 0 radical (unpaired) electrons. The number of aromatic amines is 1. The molecule has 4 rings (SSSR count). The Balaban J connectivity index is 1.55. The van der Waals surface area contributed by atoms with Crippen LogP contribution in [0.15, 0.2) is 4.79 Å². The molecule has 3 aliphatic rings. The maximum atomic E-state index is 12.5. The molecule has 2 saturated heterocycles. The predicted octanol–water partition coefficient (Wildman–Crippen LogP) is 0.434. The summed E-state index contributed by atoms with van der Waals surface area (Å²) in [7, 11) is 0. The van der Waals surface area contributed by atoms with E-state index < -0.39 is 0 Å². The molecular weight excluding hydrogens is 296 g/mol. The van der Waals surface area contributed by atoms with Crippen molar-refractivity contribution in [3.8, 4) is 0 Å². The number of nitrogens with zero attached hydrogens (tertiary/aromatic N) is 3. The molecule has 1 aromatic heterocycles. The number of carbonyl (C=O) groups is 1. The van der Waals surface area contributed by atoms with Gasteiger partial charge in [0.2, 0.25) is 5.95 Å². The zero-order valence-electron chi connectivity index (χ0n) is 13.2. The van der Waals surface area contributed by atoms with E-state index in [9.17, 15) is 9.59 Å². The van der Waals surface area contributed by atoms with Crippen LogP contribution in [0.5, 0.6) is 0 Å². The van der Waals surface area contributed by atoms with Crippen LogP contribution in [-0.4, -0.2) is 53.1 Å². The first-order valence-electron chi connectivity index (χ1n) is 8.50. The number of nitrogens with one attached hydrogen (secondary N) is 1.